The van der Waals surface area contributed by atoms with E-state index in [1.165, 1.54) is 0 Å². The van der Waals surface area contributed by atoms with Crippen molar-refractivity contribution in [3.8, 4) is 11.4 Å². The molecule has 4 aromatic rings. The summed E-state index contributed by atoms with van der Waals surface area (Å²) >= 11 is 3.37. The van der Waals surface area contributed by atoms with Gasteiger partial charge in [-0.1, -0.05) is 18.2 Å². The lowest BCUT2D eigenvalue weighted by atomic mass is 9.89. The lowest BCUT2D eigenvalue weighted by molar-refractivity contribution is 0.0671. The number of benzene rings is 1. The first-order valence-electron chi connectivity index (χ1n) is 8.79. The summed E-state index contributed by atoms with van der Waals surface area (Å²) in [6, 6.07) is 7.62. The highest BCUT2D eigenvalue weighted by Gasteiger charge is 2.31. The highest BCUT2D eigenvalue weighted by atomic mass is 79.9. The van der Waals surface area contributed by atoms with Gasteiger partial charge in [-0.3, -0.25) is 4.79 Å². The van der Waals surface area contributed by atoms with E-state index in [0.29, 0.717) is 30.1 Å². The second-order valence-electron chi connectivity index (χ2n) is 6.64. The number of tetrazole rings is 1. The van der Waals surface area contributed by atoms with Gasteiger partial charge in [0.15, 0.2) is 11.3 Å². The SMILES string of the molecule is CC1c2cccc(-c3nn[nH]n3)c2CCN1C(=O)c1cc2ncc(Br)cn2n1. The van der Waals surface area contributed by atoms with Crippen molar-refractivity contribution in [3.63, 3.8) is 0 Å². The third kappa shape index (κ3) is 2.68. The Kier molecular flexibility index (Phi) is 3.93. The topological polar surface area (TPSA) is 105 Å². The molecule has 9 nitrogen and oxygen atoms in total. The number of rotatable bonds is 2. The van der Waals surface area contributed by atoms with Gasteiger partial charge >= 0.3 is 0 Å². The molecular weight excluding hydrogens is 424 g/mol. The third-order valence-corrected chi connectivity index (χ3v) is 5.49. The van der Waals surface area contributed by atoms with E-state index in [1.54, 1.807) is 23.0 Å². The van der Waals surface area contributed by atoms with E-state index in [-0.39, 0.29) is 11.9 Å². The minimum absolute atomic E-state index is 0.0902. The molecule has 28 heavy (non-hydrogen) atoms. The van der Waals surface area contributed by atoms with Crippen molar-refractivity contribution >= 4 is 27.5 Å². The minimum Gasteiger partial charge on any atom is -0.330 e. The Balaban J connectivity index is 1.49. The fourth-order valence-corrected chi connectivity index (χ4v) is 4.03. The molecule has 3 aromatic heterocycles. The van der Waals surface area contributed by atoms with E-state index < -0.39 is 0 Å². The Morgan fingerprint density at radius 2 is 2.25 bits per heavy atom. The first-order valence-corrected chi connectivity index (χ1v) is 9.58. The molecule has 0 radical (unpaired) electrons. The van der Waals surface area contributed by atoms with Crippen LogP contribution in [0, 0.1) is 0 Å². The number of aromatic nitrogens is 7. The molecule has 1 aliphatic heterocycles. The maximum absolute atomic E-state index is 13.2. The van der Waals surface area contributed by atoms with Crippen LogP contribution >= 0.6 is 15.9 Å². The van der Waals surface area contributed by atoms with Gasteiger partial charge < -0.3 is 4.90 Å². The second-order valence-corrected chi connectivity index (χ2v) is 7.55. The molecule has 1 atom stereocenters. The van der Waals surface area contributed by atoms with E-state index in [4.69, 9.17) is 0 Å². The molecule has 0 fully saturated rings. The fraction of sp³-hybridized carbons (Fsp3) is 0.222. The molecule has 4 heterocycles. The van der Waals surface area contributed by atoms with Crippen LogP contribution in [0.4, 0.5) is 0 Å². The Morgan fingerprint density at radius 3 is 3.07 bits per heavy atom. The number of fused-ring (bicyclic) bond motifs is 2. The zero-order valence-electron chi connectivity index (χ0n) is 14.9. The number of carbonyl (C=O) groups is 1. The van der Waals surface area contributed by atoms with Gasteiger partial charge in [-0.15, -0.1) is 10.2 Å². The Bertz CT molecular complexity index is 1190. The van der Waals surface area contributed by atoms with Crippen LogP contribution in [0.3, 0.4) is 0 Å². The third-order valence-electron chi connectivity index (χ3n) is 5.08. The molecule has 140 valence electrons. The van der Waals surface area contributed by atoms with Gasteiger partial charge in [0.25, 0.3) is 5.91 Å². The van der Waals surface area contributed by atoms with Crippen molar-refractivity contribution in [1.82, 2.24) is 40.1 Å². The van der Waals surface area contributed by atoms with Crippen molar-refractivity contribution < 1.29 is 4.79 Å². The summed E-state index contributed by atoms with van der Waals surface area (Å²) in [5.41, 5.74) is 4.21. The highest BCUT2D eigenvalue weighted by molar-refractivity contribution is 9.10. The Labute approximate surface area is 167 Å². The summed E-state index contributed by atoms with van der Waals surface area (Å²) in [5, 5.41) is 18.8. The quantitative estimate of drug-likeness (QED) is 0.515. The van der Waals surface area contributed by atoms with Gasteiger partial charge in [0.1, 0.15) is 0 Å². The predicted octanol–water partition coefficient (Wildman–Crippen LogP) is 2.43. The number of amides is 1. The van der Waals surface area contributed by atoms with E-state index in [0.717, 1.165) is 21.2 Å². The highest BCUT2D eigenvalue weighted by Crippen LogP contribution is 2.35. The molecule has 1 unspecified atom stereocenters. The van der Waals surface area contributed by atoms with Crippen molar-refractivity contribution in [2.24, 2.45) is 0 Å². The predicted molar refractivity (Wildman–Crippen MR) is 103 cm³/mol. The molecule has 1 aromatic carbocycles. The van der Waals surface area contributed by atoms with Crippen molar-refractivity contribution in [3.05, 3.63) is 58.0 Å². The van der Waals surface area contributed by atoms with Crippen LogP contribution in [0.15, 0.2) is 41.1 Å². The Hall–Kier alpha value is -3.14. The number of H-pyrrole nitrogens is 1. The first-order chi connectivity index (χ1) is 13.6. The van der Waals surface area contributed by atoms with E-state index >= 15 is 0 Å². The lowest BCUT2D eigenvalue weighted by Gasteiger charge is -2.35. The van der Waals surface area contributed by atoms with Gasteiger partial charge in [-0.05, 0) is 45.6 Å². The molecule has 0 bridgehead atoms. The van der Waals surface area contributed by atoms with Gasteiger partial charge in [-0.2, -0.15) is 10.3 Å². The van der Waals surface area contributed by atoms with Crippen LogP contribution in [0.5, 0.6) is 0 Å². The smallest absolute Gasteiger partial charge is 0.274 e. The molecule has 0 saturated carbocycles. The van der Waals surface area contributed by atoms with Gasteiger partial charge in [0.2, 0.25) is 5.82 Å². The summed E-state index contributed by atoms with van der Waals surface area (Å²) < 4.78 is 2.41. The number of aromatic amines is 1. The largest absolute Gasteiger partial charge is 0.330 e. The van der Waals surface area contributed by atoms with Crippen molar-refractivity contribution in [2.75, 3.05) is 6.54 Å². The number of nitrogens with zero attached hydrogens (tertiary/aromatic N) is 7. The average molecular weight is 439 g/mol. The number of carbonyl (C=O) groups excluding carboxylic acids is 1. The monoisotopic (exact) mass is 438 g/mol. The summed E-state index contributed by atoms with van der Waals surface area (Å²) in [5.74, 6) is 0.463. The van der Waals surface area contributed by atoms with Crippen LogP contribution in [0.1, 0.15) is 34.6 Å². The maximum Gasteiger partial charge on any atom is 0.274 e. The van der Waals surface area contributed by atoms with Crippen molar-refractivity contribution in [1.29, 1.82) is 0 Å². The van der Waals surface area contributed by atoms with Crippen LogP contribution in [-0.2, 0) is 6.42 Å². The molecule has 1 aliphatic rings. The number of halogens is 1. The van der Waals surface area contributed by atoms with E-state index in [2.05, 4.69) is 46.6 Å². The van der Waals surface area contributed by atoms with Crippen LogP contribution in [0.25, 0.3) is 17.0 Å². The maximum atomic E-state index is 13.2. The average Bonchev–Trinajstić information content (AvgIpc) is 3.37. The zero-order chi connectivity index (χ0) is 19.3. The molecule has 1 N–H and O–H groups in total. The van der Waals surface area contributed by atoms with E-state index in [1.807, 2.05) is 30.0 Å². The molecule has 0 spiro atoms. The molecule has 0 aliphatic carbocycles. The summed E-state index contributed by atoms with van der Waals surface area (Å²) in [6.07, 6.45) is 4.18. The first kappa shape index (κ1) is 17.0. The lowest BCUT2D eigenvalue weighted by Crippen LogP contribution is -2.39. The van der Waals surface area contributed by atoms with Crippen LogP contribution < -0.4 is 0 Å². The van der Waals surface area contributed by atoms with Gasteiger partial charge in [0.05, 0.1) is 10.5 Å². The summed E-state index contributed by atoms with van der Waals surface area (Å²) in [7, 11) is 0. The molecule has 1 amide bonds. The zero-order valence-corrected chi connectivity index (χ0v) is 16.5. The molecular formula is C18H15BrN8O. The standard InChI is InChI=1S/C18H15BrN8O/c1-10-12-3-2-4-14(17-21-24-25-22-17)13(12)5-6-26(10)18(28)15-7-16-20-8-11(19)9-27(16)23-15/h2-4,7-10H,5-6H2,1H3,(H,21,22,24,25). The van der Waals surface area contributed by atoms with Crippen LogP contribution in [-0.4, -0.2) is 52.6 Å². The second kappa shape index (κ2) is 6.48. The summed E-state index contributed by atoms with van der Waals surface area (Å²) in [6.45, 7) is 2.62. The number of hydrogen-bond acceptors (Lipinski definition) is 6. The molecule has 10 heteroatoms. The number of nitrogens with one attached hydrogen (secondary N) is 1. The Morgan fingerprint density at radius 1 is 1.36 bits per heavy atom. The van der Waals surface area contributed by atoms with Crippen molar-refractivity contribution in [2.45, 2.75) is 19.4 Å². The number of hydrogen-bond donors (Lipinski definition) is 1. The fourth-order valence-electron chi connectivity index (χ4n) is 3.74. The normalized spacial score (nSPS) is 16.4. The van der Waals surface area contributed by atoms with E-state index in [9.17, 15) is 4.79 Å². The minimum atomic E-state index is -0.107. The van der Waals surface area contributed by atoms with Crippen LogP contribution in [0.2, 0.25) is 0 Å². The summed E-state index contributed by atoms with van der Waals surface area (Å²) in [4.78, 5) is 19.3. The van der Waals surface area contributed by atoms with Gasteiger partial charge in [0, 0.05) is 30.6 Å². The molecule has 5 rings (SSSR count). The van der Waals surface area contributed by atoms with Gasteiger partial charge in [-0.25, -0.2) is 9.50 Å². The molecule has 0 saturated heterocycles.